The number of carbonyl (C=O) groups excluding carboxylic acids is 1. The first kappa shape index (κ1) is 27.4. The van der Waals surface area contributed by atoms with E-state index < -0.39 is 0 Å². The van der Waals surface area contributed by atoms with Crippen LogP contribution >= 0.6 is 0 Å². The molecule has 0 radical (unpaired) electrons. The molecule has 2 aromatic rings. The van der Waals surface area contributed by atoms with Crippen molar-refractivity contribution in [3.8, 4) is 11.5 Å². The van der Waals surface area contributed by atoms with Gasteiger partial charge in [-0.1, -0.05) is 53.7 Å². The minimum absolute atomic E-state index is 0.0141. The molecule has 34 heavy (non-hydrogen) atoms. The molecule has 0 saturated carbocycles. The zero-order chi connectivity index (χ0) is 25.4. The van der Waals surface area contributed by atoms with Gasteiger partial charge in [0.1, 0.15) is 11.5 Å². The molecule has 0 heterocycles. The summed E-state index contributed by atoms with van der Waals surface area (Å²) in [4.78, 5) is 12.3. The molecular formula is C29H42N2O3. The first-order valence-electron chi connectivity index (χ1n) is 12.3. The van der Waals surface area contributed by atoms with Gasteiger partial charge < -0.3 is 9.47 Å². The summed E-state index contributed by atoms with van der Waals surface area (Å²) >= 11 is 0. The van der Waals surface area contributed by atoms with Crippen molar-refractivity contribution >= 4 is 11.6 Å². The van der Waals surface area contributed by atoms with Crippen molar-refractivity contribution in [1.29, 1.82) is 0 Å². The maximum atomic E-state index is 12.3. The Morgan fingerprint density at radius 2 is 1.62 bits per heavy atom. The van der Waals surface area contributed by atoms with Crippen LogP contribution in [0.2, 0.25) is 0 Å². The number of hydrogen-bond acceptors (Lipinski definition) is 4. The third kappa shape index (κ3) is 7.34. The third-order valence-corrected chi connectivity index (χ3v) is 6.92. The van der Waals surface area contributed by atoms with Crippen molar-refractivity contribution < 1.29 is 14.3 Å². The maximum Gasteiger partial charge on any atom is 0.240 e. The first-order chi connectivity index (χ1) is 16.0. The minimum Gasteiger partial charge on any atom is -0.497 e. The number of ether oxygens (including phenoxy) is 2. The van der Waals surface area contributed by atoms with Crippen molar-refractivity contribution in [2.24, 2.45) is 5.10 Å². The fourth-order valence-corrected chi connectivity index (χ4v) is 3.51. The van der Waals surface area contributed by atoms with Gasteiger partial charge in [-0.2, -0.15) is 5.10 Å². The molecule has 5 nitrogen and oxygen atoms in total. The van der Waals surface area contributed by atoms with Crippen molar-refractivity contribution in [2.75, 3.05) is 13.7 Å². The van der Waals surface area contributed by atoms with Gasteiger partial charge in [-0.25, -0.2) is 5.43 Å². The van der Waals surface area contributed by atoms with Crippen LogP contribution in [-0.4, -0.2) is 25.3 Å². The van der Waals surface area contributed by atoms with E-state index in [0.717, 1.165) is 35.6 Å². The second kappa shape index (κ2) is 12.0. The van der Waals surface area contributed by atoms with Crippen LogP contribution < -0.4 is 14.9 Å². The molecule has 0 atom stereocenters. The van der Waals surface area contributed by atoms with Gasteiger partial charge in [0.2, 0.25) is 5.91 Å². The molecule has 0 aliphatic heterocycles. The number of hydrogen-bond donors (Lipinski definition) is 1. The Hall–Kier alpha value is -2.82. The second-order valence-corrected chi connectivity index (χ2v) is 10.1. The van der Waals surface area contributed by atoms with E-state index in [1.54, 1.807) is 7.11 Å². The highest BCUT2D eigenvalue weighted by molar-refractivity contribution is 5.99. The molecule has 0 unspecified atom stereocenters. The van der Waals surface area contributed by atoms with Crippen molar-refractivity contribution in [3.05, 3.63) is 59.2 Å². The average Bonchev–Trinajstić information content (AvgIpc) is 2.85. The van der Waals surface area contributed by atoms with Crippen molar-refractivity contribution in [3.63, 3.8) is 0 Å². The Morgan fingerprint density at radius 1 is 0.971 bits per heavy atom. The average molecular weight is 467 g/mol. The summed E-state index contributed by atoms with van der Waals surface area (Å²) in [5, 5.41) is 4.22. The van der Waals surface area contributed by atoms with Gasteiger partial charge >= 0.3 is 0 Å². The second-order valence-electron chi connectivity index (χ2n) is 10.1. The van der Waals surface area contributed by atoms with Crippen LogP contribution in [0.5, 0.6) is 11.5 Å². The first-order valence-corrected chi connectivity index (χ1v) is 12.3. The molecule has 0 aromatic heterocycles. The summed E-state index contributed by atoms with van der Waals surface area (Å²) in [7, 11) is 1.63. The van der Waals surface area contributed by atoms with Gasteiger partial charge in [0.15, 0.2) is 0 Å². The lowest BCUT2D eigenvalue weighted by atomic mass is 9.76. The number of amides is 1. The van der Waals surface area contributed by atoms with Gasteiger partial charge in [-0.05, 0) is 78.5 Å². The van der Waals surface area contributed by atoms with Crippen molar-refractivity contribution in [1.82, 2.24) is 5.43 Å². The van der Waals surface area contributed by atoms with E-state index in [1.807, 2.05) is 31.2 Å². The summed E-state index contributed by atoms with van der Waals surface area (Å²) < 4.78 is 11.3. The molecule has 5 heteroatoms. The van der Waals surface area contributed by atoms with Gasteiger partial charge in [-0.3, -0.25) is 4.79 Å². The lowest BCUT2D eigenvalue weighted by Crippen LogP contribution is -2.22. The highest BCUT2D eigenvalue weighted by Crippen LogP contribution is 2.38. The van der Waals surface area contributed by atoms with Crippen LogP contribution in [0, 0.1) is 0 Å². The molecule has 0 fully saturated rings. The molecule has 0 bridgehead atoms. The van der Waals surface area contributed by atoms with E-state index in [9.17, 15) is 4.79 Å². The molecule has 0 aliphatic rings. The highest BCUT2D eigenvalue weighted by Gasteiger charge is 2.26. The predicted octanol–water partition coefficient (Wildman–Crippen LogP) is 6.77. The van der Waals surface area contributed by atoms with Gasteiger partial charge in [0, 0.05) is 12.0 Å². The van der Waals surface area contributed by atoms with Gasteiger partial charge in [0.25, 0.3) is 0 Å². The third-order valence-electron chi connectivity index (χ3n) is 6.92. The molecular weight excluding hydrogens is 424 g/mol. The van der Waals surface area contributed by atoms with Crippen LogP contribution in [0.25, 0.3) is 0 Å². The standard InChI is InChI=1S/C29H42N2O3/c1-9-28(4,5)23-15-18-26(25(20-23)29(6,7)10-2)34-19-11-12-27(32)31-30-21(3)22-13-16-24(33-8)17-14-22/h13-18,20H,9-12,19H2,1-8H3,(H,31,32)/b30-21+. The summed E-state index contributed by atoms with van der Waals surface area (Å²) in [6.07, 6.45) is 3.08. The monoisotopic (exact) mass is 466 g/mol. The Kier molecular flexibility index (Phi) is 9.72. The molecule has 0 spiro atoms. The largest absolute Gasteiger partial charge is 0.497 e. The number of benzene rings is 2. The van der Waals surface area contributed by atoms with E-state index in [4.69, 9.17) is 9.47 Å². The zero-order valence-electron chi connectivity index (χ0n) is 22.2. The number of rotatable bonds is 12. The number of methoxy groups -OCH3 is 1. The summed E-state index contributed by atoms with van der Waals surface area (Å²) in [5.74, 6) is 1.58. The molecule has 2 aromatic carbocycles. The Bertz CT molecular complexity index is 975. The normalized spacial score (nSPS) is 12.4. The molecule has 1 amide bonds. The Balaban J connectivity index is 1.95. The topological polar surface area (TPSA) is 59.9 Å². The van der Waals surface area contributed by atoms with Crippen molar-refractivity contribution in [2.45, 2.75) is 85.0 Å². The van der Waals surface area contributed by atoms with Crippen LogP contribution in [0.15, 0.2) is 47.6 Å². The Labute approximate surface area is 205 Å². The number of hydrazone groups is 1. The maximum absolute atomic E-state index is 12.3. The summed E-state index contributed by atoms with van der Waals surface area (Å²) in [5.41, 5.74) is 7.03. The number of nitrogens with zero attached hydrogens (tertiary/aromatic N) is 1. The van der Waals surface area contributed by atoms with E-state index in [0.29, 0.717) is 19.4 Å². The molecule has 0 aliphatic carbocycles. The molecule has 1 N–H and O–H groups in total. The number of carbonyl (C=O) groups is 1. The SMILES string of the molecule is CCC(C)(C)c1ccc(OCCCC(=O)N/N=C(\C)c2ccc(OC)cc2)c(C(C)(C)CC)c1. The lowest BCUT2D eigenvalue weighted by molar-refractivity contribution is -0.121. The lowest BCUT2D eigenvalue weighted by Gasteiger charge is -2.30. The van der Waals surface area contributed by atoms with E-state index >= 15 is 0 Å². The van der Waals surface area contributed by atoms with Gasteiger partial charge in [-0.15, -0.1) is 0 Å². The van der Waals surface area contributed by atoms with Crippen LogP contribution in [0.4, 0.5) is 0 Å². The van der Waals surface area contributed by atoms with Crippen LogP contribution in [0.3, 0.4) is 0 Å². The fourth-order valence-electron chi connectivity index (χ4n) is 3.51. The highest BCUT2D eigenvalue weighted by atomic mass is 16.5. The minimum atomic E-state index is -0.120. The Morgan fingerprint density at radius 3 is 2.21 bits per heavy atom. The van der Waals surface area contributed by atoms with Gasteiger partial charge in [0.05, 0.1) is 19.4 Å². The summed E-state index contributed by atoms with van der Waals surface area (Å²) in [6, 6.07) is 14.2. The van der Waals surface area contributed by atoms with Crippen LogP contribution in [-0.2, 0) is 15.6 Å². The zero-order valence-corrected chi connectivity index (χ0v) is 22.2. The van der Waals surface area contributed by atoms with E-state index in [1.165, 1.54) is 11.1 Å². The molecule has 186 valence electrons. The predicted molar refractivity (Wildman–Crippen MR) is 141 cm³/mol. The number of nitrogens with one attached hydrogen (secondary N) is 1. The fraction of sp³-hybridized carbons (Fsp3) is 0.517. The smallest absolute Gasteiger partial charge is 0.240 e. The van der Waals surface area contributed by atoms with E-state index in [-0.39, 0.29) is 16.7 Å². The quantitative estimate of drug-likeness (QED) is 0.213. The summed E-state index contributed by atoms with van der Waals surface area (Å²) in [6.45, 7) is 15.9. The van der Waals surface area contributed by atoms with E-state index in [2.05, 4.69) is 70.3 Å². The molecule has 2 rings (SSSR count). The molecule has 0 saturated heterocycles. The van der Waals surface area contributed by atoms with Crippen LogP contribution in [0.1, 0.15) is 90.8 Å².